The minimum absolute atomic E-state index is 0.324. The molecule has 0 aliphatic carbocycles. The number of anilines is 1. The largest absolute Gasteiger partial charge is 0.318 e. The molecule has 1 amide bonds. The van der Waals surface area contributed by atoms with Crippen LogP contribution in [0.3, 0.4) is 0 Å². The van der Waals surface area contributed by atoms with Gasteiger partial charge in [-0.15, -0.1) is 0 Å². The summed E-state index contributed by atoms with van der Waals surface area (Å²) in [5, 5.41) is 4.09. The van der Waals surface area contributed by atoms with E-state index in [-0.39, 0.29) is 6.54 Å². The highest BCUT2D eigenvalue weighted by Crippen LogP contribution is 2.24. The number of nitrogens with one attached hydrogen (secondary N) is 1. The molecule has 0 spiro atoms. The van der Waals surface area contributed by atoms with Crippen LogP contribution >= 0.6 is 0 Å². The second-order valence-corrected chi connectivity index (χ2v) is 11.2. The van der Waals surface area contributed by atoms with Crippen LogP contribution in [0, 0.1) is 27.7 Å². The van der Waals surface area contributed by atoms with Crippen molar-refractivity contribution in [2.75, 3.05) is 17.1 Å². The molecule has 0 atom stereocenters. The highest BCUT2D eigenvalue weighted by Gasteiger charge is 2.21. The fourth-order valence-corrected chi connectivity index (χ4v) is 4.97. The summed E-state index contributed by atoms with van der Waals surface area (Å²) in [5.41, 5.74) is 10.4. The number of carbonyl (C=O) groups excluding carboxylic acids is 1. The number of benzene rings is 2. The van der Waals surface area contributed by atoms with Crippen LogP contribution < -0.4 is 9.73 Å². The second-order valence-electron chi connectivity index (χ2n) is 9.26. The van der Waals surface area contributed by atoms with Gasteiger partial charge in [-0.1, -0.05) is 43.7 Å². The highest BCUT2D eigenvalue weighted by atomic mass is 32.2. The van der Waals surface area contributed by atoms with Gasteiger partial charge in [-0.2, -0.15) is 5.10 Å². The summed E-state index contributed by atoms with van der Waals surface area (Å²) in [6.07, 6.45) is 2.67. The number of hydrazone groups is 1. The first-order valence-electron chi connectivity index (χ1n) is 11.5. The van der Waals surface area contributed by atoms with Crippen LogP contribution in [0.5, 0.6) is 0 Å². The third-order valence-electron chi connectivity index (χ3n) is 5.99. The predicted molar refractivity (Wildman–Crippen MR) is 143 cm³/mol. The maximum Gasteiger partial charge on any atom is 0.260 e. The number of carbonyl (C=O) groups is 1. The van der Waals surface area contributed by atoms with Crippen molar-refractivity contribution < 1.29 is 13.2 Å². The summed E-state index contributed by atoms with van der Waals surface area (Å²) >= 11 is 0. The number of aromatic nitrogens is 1. The average molecular weight is 495 g/mol. The van der Waals surface area contributed by atoms with Crippen LogP contribution in [0.2, 0.25) is 0 Å². The molecule has 35 heavy (non-hydrogen) atoms. The molecule has 1 N–H and O–H groups in total. The molecule has 0 unspecified atom stereocenters. The number of amides is 1. The molecule has 0 aliphatic rings. The lowest BCUT2D eigenvalue weighted by Crippen LogP contribution is -2.39. The van der Waals surface area contributed by atoms with Gasteiger partial charge in [-0.25, -0.2) is 13.8 Å². The number of hydrogen-bond acceptors (Lipinski definition) is 4. The summed E-state index contributed by atoms with van der Waals surface area (Å²) in [5.74, 6) is -0.201. The van der Waals surface area contributed by atoms with Crippen LogP contribution in [0.1, 0.15) is 53.4 Å². The first-order chi connectivity index (χ1) is 16.4. The lowest BCUT2D eigenvalue weighted by atomic mass is 10.0. The van der Waals surface area contributed by atoms with Crippen molar-refractivity contribution >= 4 is 27.8 Å². The molecular formula is C27H34N4O3S. The maximum absolute atomic E-state index is 12.6. The molecule has 0 aliphatic heterocycles. The Hall–Kier alpha value is -3.39. The van der Waals surface area contributed by atoms with Crippen molar-refractivity contribution in [2.24, 2.45) is 5.10 Å². The van der Waals surface area contributed by atoms with Gasteiger partial charge in [-0.05, 0) is 69.0 Å². The van der Waals surface area contributed by atoms with Gasteiger partial charge in [0.2, 0.25) is 10.0 Å². The van der Waals surface area contributed by atoms with Crippen LogP contribution in [0.4, 0.5) is 5.69 Å². The van der Waals surface area contributed by atoms with E-state index in [0.717, 1.165) is 38.8 Å². The Labute approximate surface area is 208 Å². The monoisotopic (exact) mass is 494 g/mol. The van der Waals surface area contributed by atoms with Crippen molar-refractivity contribution in [3.8, 4) is 5.69 Å². The fraction of sp³-hybridized carbons (Fsp3) is 0.333. The number of aryl methyl sites for hydroxylation is 3. The normalized spacial score (nSPS) is 11.9. The van der Waals surface area contributed by atoms with Gasteiger partial charge in [-0.3, -0.25) is 9.10 Å². The third kappa shape index (κ3) is 6.19. The topological polar surface area (TPSA) is 83.8 Å². The molecular weight excluding hydrogens is 460 g/mol. The standard InChI is InChI=1S/C27H34N4O3S/c1-18(2)23-9-11-25(12-10-23)30(35(7,33)34)17-27(32)29-28-16-24-15-21(5)31(22(24)6)26-13-8-19(3)14-20(26)4/h8-16,18H,17H2,1-7H3,(H,29,32)/b28-16-. The zero-order valence-electron chi connectivity index (χ0n) is 21.5. The highest BCUT2D eigenvalue weighted by molar-refractivity contribution is 7.92. The Morgan fingerprint density at radius 1 is 1.06 bits per heavy atom. The van der Waals surface area contributed by atoms with E-state index in [2.05, 4.69) is 61.0 Å². The molecule has 3 aromatic rings. The fourth-order valence-electron chi connectivity index (χ4n) is 4.11. The average Bonchev–Trinajstić information content (AvgIpc) is 3.04. The van der Waals surface area contributed by atoms with E-state index in [9.17, 15) is 13.2 Å². The Kier molecular flexibility index (Phi) is 7.85. The number of hydrogen-bond donors (Lipinski definition) is 1. The molecule has 8 heteroatoms. The molecule has 0 bridgehead atoms. The van der Waals surface area contributed by atoms with Crippen LogP contribution in [-0.2, 0) is 14.8 Å². The van der Waals surface area contributed by atoms with Crippen molar-refractivity contribution in [1.82, 2.24) is 9.99 Å². The molecule has 0 fully saturated rings. The molecule has 1 aromatic heterocycles. The Morgan fingerprint density at radius 3 is 2.29 bits per heavy atom. The molecule has 3 rings (SSSR count). The molecule has 186 valence electrons. The summed E-state index contributed by atoms with van der Waals surface area (Å²) in [4.78, 5) is 12.6. The van der Waals surface area contributed by atoms with E-state index >= 15 is 0 Å². The lowest BCUT2D eigenvalue weighted by molar-refractivity contribution is -0.119. The quantitative estimate of drug-likeness (QED) is 0.362. The van der Waals surface area contributed by atoms with E-state index in [1.807, 2.05) is 32.0 Å². The molecule has 7 nitrogen and oxygen atoms in total. The van der Waals surface area contributed by atoms with Gasteiger partial charge in [0.15, 0.2) is 0 Å². The smallest absolute Gasteiger partial charge is 0.260 e. The van der Waals surface area contributed by atoms with Crippen molar-refractivity contribution in [1.29, 1.82) is 0 Å². The first kappa shape index (κ1) is 26.2. The zero-order valence-corrected chi connectivity index (χ0v) is 22.3. The van der Waals surface area contributed by atoms with E-state index in [0.29, 0.717) is 11.6 Å². The molecule has 0 saturated carbocycles. The Balaban J connectivity index is 1.75. The van der Waals surface area contributed by atoms with Gasteiger partial charge in [0, 0.05) is 22.6 Å². The summed E-state index contributed by atoms with van der Waals surface area (Å²) in [6.45, 7) is 11.9. The van der Waals surface area contributed by atoms with Crippen molar-refractivity contribution in [3.05, 3.63) is 82.2 Å². The molecule has 2 aromatic carbocycles. The number of sulfonamides is 1. The maximum atomic E-state index is 12.6. The van der Waals surface area contributed by atoms with E-state index < -0.39 is 15.9 Å². The van der Waals surface area contributed by atoms with Gasteiger partial charge in [0.05, 0.1) is 18.2 Å². The number of nitrogens with zero attached hydrogens (tertiary/aromatic N) is 3. The van der Waals surface area contributed by atoms with Crippen LogP contribution in [-0.4, -0.2) is 37.9 Å². The zero-order chi connectivity index (χ0) is 25.9. The SMILES string of the molecule is Cc1ccc(-n2c(C)cc(/C=N\NC(=O)CN(c3ccc(C(C)C)cc3)S(C)(=O)=O)c2C)c(C)c1. The molecule has 1 heterocycles. The van der Waals surface area contributed by atoms with E-state index in [1.54, 1.807) is 18.3 Å². The molecule has 0 radical (unpaired) electrons. The van der Waals surface area contributed by atoms with Crippen LogP contribution in [0.25, 0.3) is 5.69 Å². The second kappa shape index (κ2) is 10.5. The third-order valence-corrected chi connectivity index (χ3v) is 7.13. The molecule has 0 saturated heterocycles. The summed E-state index contributed by atoms with van der Waals surface area (Å²) < 4.78 is 27.9. The van der Waals surface area contributed by atoms with E-state index in [4.69, 9.17) is 0 Å². The summed E-state index contributed by atoms with van der Waals surface area (Å²) in [6, 6.07) is 15.5. The van der Waals surface area contributed by atoms with Gasteiger partial charge >= 0.3 is 0 Å². The van der Waals surface area contributed by atoms with Crippen LogP contribution in [0.15, 0.2) is 53.6 Å². The minimum atomic E-state index is -3.65. The van der Waals surface area contributed by atoms with Crippen molar-refractivity contribution in [3.63, 3.8) is 0 Å². The Bertz CT molecular complexity index is 1350. The van der Waals surface area contributed by atoms with Crippen molar-refractivity contribution in [2.45, 2.75) is 47.5 Å². The van der Waals surface area contributed by atoms with Gasteiger partial charge in [0.1, 0.15) is 6.54 Å². The lowest BCUT2D eigenvalue weighted by Gasteiger charge is -2.21. The predicted octanol–water partition coefficient (Wildman–Crippen LogP) is 4.75. The van der Waals surface area contributed by atoms with E-state index in [1.165, 1.54) is 11.1 Å². The minimum Gasteiger partial charge on any atom is -0.318 e. The number of rotatable bonds is 8. The first-order valence-corrected chi connectivity index (χ1v) is 13.4. The Morgan fingerprint density at radius 2 is 1.71 bits per heavy atom. The van der Waals surface area contributed by atoms with Gasteiger partial charge < -0.3 is 4.57 Å². The van der Waals surface area contributed by atoms with Gasteiger partial charge in [0.25, 0.3) is 5.91 Å². The summed E-state index contributed by atoms with van der Waals surface area (Å²) in [7, 11) is -3.65.